The average molecular weight is 422 g/mol. The van der Waals surface area contributed by atoms with Gasteiger partial charge in [-0.2, -0.15) is 0 Å². The molecule has 0 spiro atoms. The number of likely N-dealkylation sites (N-methyl/N-ethyl adjacent to an activating group) is 1. The Kier molecular flexibility index (Phi) is 5.44. The minimum Gasteiger partial charge on any atom is -0.474 e. The van der Waals surface area contributed by atoms with E-state index in [0.29, 0.717) is 11.8 Å². The summed E-state index contributed by atoms with van der Waals surface area (Å²) in [6, 6.07) is 11.1. The lowest BCUT2D eigenvalue weighted by Crippen LogP contribution is -2.31. The summed E-state index contributed by atoms with van der Waals surface area (Å²) < 4.78 is 22.3. The lowest BCUT2D eigenvalue weighted by molar-refractivity contribution is 0.139. The quantitative estimate of drug-likeness (QED) is 0.639. The minimum atomic E-state index is -0.193. The van der Waals surface area contributed by atoms with Gasteiger partial charge in [-0.25, -0.2) is 9.37 Å². The highest BCUT2D eigenvalue weighted by Crippen LogP contribution is 2.36. The van der Waals surface area contributed by atoms with E-state index in [9.17, 15) is 4.39 Å². The standard InChI is InChI=1S/C24H28FN5O/c1-29(2)19-14-17-13-18(25)8-11-21(17)30-22(15-19)27-28-24(30)16-6-9-20(10-7-16)31-23-5-3-4-12-26-23/h3-5,8,11-13,16,19-20H,6-7,9-10,14-15H2,1-2H3/t16-,19?,20-. The van der Waals surface area contributed by atoms with Gasteiger partial charge < -0.3 is 9.64 Å². The van der Waals surface area contributed by atoms with Crippen molar-refractivity contribution in [2.45, 2.75) is 56.6 Å². The molecule has 1 aliphatic heterocycles. The number of aromatic nitrogens is 4. The van der Waals surface area contributed by atoms with E-state index in [0.717, 1.165) is 61.4 Å². The predicted molar refractivity (Wildman–Crippen MR) is 116 cm³/mol. The van der Waals surface area contributed by atoms with E-state index in [1.54, 1.807) is 18.3 Å². The summed E-state index contributed by atoms with van der Waals surface area (Å²) in [4.78, 5) is 6.47. The van der Waals surface area contributed by atoms with E-state index in [1.807, 2.05) is 24.3 Å². The second-order valence-corrected chi connectivity index (χ2v) is 8.87. The summed E-state index contributed by atoms with van der Waals surface area (Å²) >= 11 is 0. The van der Waals surface area contributed by atoms with Crippen LogP contribution in [0.3, 0.4) is 0 Å². The first-order valence-electron chi connectivity index (χ1n) is 11.1. The molecule has 1 aromatic carbocycles. The van der Waals surface area contributed by atoms with Crippen molar-refractivity contribution in [2.75, 3.05) is 14.1 Å². The number of nitrogens with zero attached hydrogens (tertiary/aromatic N) is 5. The van der Waals surface area contributed by atoms with Crippen LogP contribution in [0.25, 0.3) is 5.69 Å². The number of hydrogen-bond acceptors (Lipinski definition) is 5. The molecule has 162 valence electrons. The van der Waals surface area contributed by atoms with Gasteiger partial charge in [-0.05, 0) is 76.0 Å². The molecule has 2 aliphatic rings. The first kappa shape index (κ1) is 20.1. The second-order valence-electron chi connectivity index (χ2n) is 8.87. The van der Waals surface area contributed by atoms with E-state index in [1.165, 1.54) is 0 Å². The van der Waals surface area contributed by atoms with Gasteiger partial charge in [0.2, 0.25) is 5.88 Å². The van der Waals surface area contributed by atoms with Crippen LogP contribution in [0.5, 0.6) is 5.88 Å². The zero-order chi connectivity index (χ0) is 21.4. The molecular formula is C24H28FN5O. The third kappa shape index (κ3) is 4.06. The molecule has 1 atom stereocenters. The first-order valence-corrected chi connectivity index (χ1v) is 11.1. The first-order chi connectivity index (χ1) is 15.1. The van der Waals surface area contributed by atoms with Gasteiger partial charge in [-0.15, -0.1) is 10.2 Å². The van der Waals surface area contributed by atoms with Crippen LogP contribution in [0.1, 0.15) is 48.8 Å². The van der Waals surface area contributed by atoms with Gasteiger partial charge in [0, 0.05) is 30.6 Å². The maximum Gasteiger partial charge on any atom is 0.213 e. The number of ether oxygens (including phenoxy) is 1. The summed E-state index contributed by atoms with van der Waals surface area (Å²) in [6.45, 7) is 0. The predicted octanol–water partition coefficient (Wildman–Crippen LogP) is 3.94. The number of halogens is 1. The number of hydrogen-bond donors (Lipinski definition) is 0. The Hall–Kier alpha value is -2.80. The van der Waals surface area contributed by atoms with Crippen LogP contribution in [-0.4, -0.2) is 50.9 Å². The summed E-state index contributed by atoms with van der Waals surface area (Å²) in [5.74, 6) is 2.78. The Labute approximate surface area is 182 Å². The fourth-order valence-corrected chi connectivity index (χ4v) is 4.85. The topological polar surface area (TPSA) is 56.1 Å². The van der Waals surface area contributed by atoms with Crippen LogP contribution in [0.15, 0.2) is 42.6 Å². The normalized spacial score (nSPS) is 23.2. The molecule has 1 aliphatic carbocycles. The van der Waals surface area contributed by atoms with Crippen molar-refractivity contribution in [3.63, 3.8) is 0 Å². The van der Waals surface area contributed by atoms with Crippen LogP contribution < -0.4 is 4.74 Å². The largest absolute Gasteiger partial charge is 0.474 e. The highest BCUT2D eigenvalue weighted by molar-refractivity contribution is 5.45. The minimum absolute atomic E-state index is 0.178. The van der Waals surface area contributed by atoms with Crippen molar-refractivity contribution < 1.29 is 9.13 Å². The van der Waals surface area contributed by atoms with Crippen LogP contribution in [-0.2, 0) is 12.8 Å². The highest BCUT2D eigenvalue weighted by atomic mass is 19.1. The lowest BCUT2D eigenvalue weighted by atomic mass is 9.86. The fourth-order valence-electron chi connectivity index (χ4n) is 4.85. The van der Waals surface area contributed by atoms with Gasteiger partial charge in [0.05, 0.1) is 5.69 Å². The van der Waals surface area contributed by atoms with Crippen molar-refractivity contribution in [1.82, 2.24) is 24.6 Å². The molecule has 1 fully saturated rings. The molecule has 3 heterocycles. The maximum absolute atomic E-state index is 14.1. The number of rotatable bonds is 4. The number of pyridine rings is 1. The summed E-state index contributed by atoms with van der Waals surface area (Å²) in [5, 5.41) is 9.22. The zero-order valence-electron chi connectivity index (χ0n) is 18.0. The molecule has 0 saturated heterocycles. The molecule has 1 unspecified atom stereocenters. The molecule has 7 heteroatoms. The Morgan fingerprint density at radius 1 is 1.03 bits per heavy atom. The SMILES string of the molecule is CN(C)C1Cc2cc(F)ccc2-n2c(nnc2[C@H]2CC[C@H](Oc3ccccn3)CC2)C1. The molecule has 2 aromatic heterocycles. The van der Waals surface area contributed by atoms with Gasteiger partial charge in [-0.3, -0.25) is 4.57 Å². The molecule has 3 aromatic rings. The molecule has 0 bridgehead atoms. The van der Waals surface area contributed by atoms with Crippen LogP contribution >= 0.6 is 0 Å². The van der Waals surface area contributed by atoms with Gasteiger partial charge in [0.1, 0.15) is 23.6 Å². The molecule has 0 amide bonds. The van der Waals surface area contributed by atoms with Crippen molar-refractivity contribution in [3.05, 3.63) is 65.6 Å². The van der Waals surface area contributed by atoms with Crippen molar-refractivity contribution in [3.8, 4) is 11.6 Å². The van der Waals surface area contributed by atoms with Gasteiger partial charge in [0.25, 0.3) is 0 Å². The van der Waals surface area contributed by atoms with Gasteiger partial charge in [-0.1, -0.05) is 6.07 Å². The third-order valence-electron chi connectivity index (χ3n) is 6.61. The Morgan fingerprint density at radius 2 is 1.87 bits per heavy atom. The van der Waals surface area contributed by atoms with Crippen LogP contribution in [0.4, 0.5) is 4.39 Å². The molecular weight excluding hydrogens is 393 g/mol. The number of benzene rings is 1. The van der Waals surface area contributed by atoms with Crippen LogP contribution in [0, 0.1) is 5.82 Å². The van der Waals surface area contributed by atoms with Crippen molar-refractivity contribution in [1.29, 1.82) is 0 Å². The molecule has 0 N–H and O–H groups in total. The van der Waals surface area contributed by atoms with E-state index in [4.69, 9.17) is 4.74 Å². The van der Waals surface area contributed by atoms with E-state index >= 15 is 0 Å². The summed E-state index contributed by atoms with van der Waals surface area (Å²) in [7, 11) is 4.14. The Morgan fingerprint density at radius 3 is 2.61 bits per heavy atom. The lowest BCUT2D eigenvalue weighted by Gasteiger charge is -2.28. The Balaban J connectivity index is 1.40. The smallest absolute Gasteiger partial charge is 0.213 e. The second kappa shape index (κ2) is 8.38. The van der Waals surface area contributed by atoms with Crippen molar-refractivity contribution in [2.24, 2.45) is 0 Å². The molecule has 31 heavy (non-hydrogen) atoms. The summed E-state index contributed by atoms with van der Waals surface area (Å²) in [5.41, 5.74) is 2.04. The molecule has 6 nitrogen and oxygen atoms in total. The Bertz CT molecular complexity index is 1040. The third-order valence-corrected chi connectivity index (χ3v) is 6.61. The summed E-state index contributed by atoms with van der Waals surface area (Å²) in [6.07, 6.45) is 7.43. The van der Waals surface area contributed by atoms with E-state index in [-0.39, 0.29) is 18.0 Å². The van der Waals surface area contributed by atoms with Crippen molar-refractivity contribution >= 4 is 0 Å². The highest BCUT2D eigenvalue weighted by Gasteiger charge is 2.32. The molecule has 5 rings (SSSR count). The van der Waals surface area contributed by atoms with Gasteiger partial charge in [0.15, 0.2) is 0 Å². The van der Waals surface area contributed by atoms with E-state index in [2.05, 4.69) is 38.7 Å². The molecule has 1 saturated carbocycles. The average Bonchev–Trinajstić information content (AvgIpc) is 3.10. The fraction of sp³-hybridized carbons (Fsp3) is 0.458. The zero-order valence-corrected chi connectivity index (χ0v) is 18.0. The van der Waals surface area contributed by atoms with Gasteiger partial charge >= 0.3 is 0 Å². The number of fused-ring (bicyclic) bond motifs is 3. The van der Waals surface area contributed by atoms with Crippen LogP contribution in [0.2, 0.25) is 0 Å². The maximum atomic E-state index is 14.1. The molecule has 0 radical (unpaired) electrons. The monoisotopic (exact) mass is 421 g/mol. The van der Waals surface area contributed by atoms with E-state index < -0.39 is 0 Å².